The summed E-state index contributed by atoms with van der Waals surface area (Å²) in [5.41, 5.74) is 5.21. The SMILES string of the molecule is Cc1cccc2[nH]cc(C(C)N(C)C(=O)/C=C/c3cnc4c(c3)CCC(=O)N4)c12. The van der Waals surface area contributed by atoms with Gasteiger partial charge in [-0.25, -0.2) is 4.98 Å². The molecule has 6 heteroatoms. The third kappa shape index (κ3) is 3.66. The molecular formula is C23H24N4O2. The first-order valence-electron chi connectivity index (χ1n) is 9.74. The van der Waals surface area contributed by atoms with Gasteiger partial charge in [-0.05, 0) is 60.7 Å². The molecule has 1 aromatic carbocycles. The maximum Gasteiger partial charge on any atom is 0.246 e. The average Bonchev–Trinajstić information content (AvgIpc) is 3.16. The molecule has 1 aliphatic rings. The Labute approximate surface area is 169 Å². The van der Waals surface area contributed by atoms with Crippen molar-refractivity contribution in [1.82, 2.24) is 14.9 Å². The molecule has 0 spiro atoms. The molecule has 2 amide bonds. The molecule has 0 fully saturated rings. The van der Waals surface area contributed by atoms with Gasteiger partial charge in [-0.3, -0.25) is 9.59 Å². The fourth-order valence-corrected chi connectivity index (χ4v) is 3.78. The number of aromatic amines is 1. The summed E-state index contributed by atoms with van der Waals surface area (Å²) in [6, 6.07) is 8.06. The summed E-state index contributed by atoms with van der Waals surface area (Å²) in [5, 5.41) is 3.94. The summed E-state index contributed by atoms with van der Waals surface area (Å²) in [6.45, 7) is 4.11. The maximum atomic E-state index is 12.8. The minimum Gasteiger partial charge on any atom is -0.361 e. The molecule has 2 aromatic heterocycles. The van der Waals surface area contributed by atoms with Gasteiger partial charge in [0.05, 0.1) is 6.04 Å². The number of carbonyl (C=O) groups excluding carboxylic acids is 2. The molecule has 1 unspecified atom stereocenters. The Morgan fingerprint density at radius 2 is 2.14 bits per heavy atom. The Hall–Kier alpha value is -3.41. The predicted molar refractivity (Wildman–Crippen MR) is 114 cm³/mol. The first-order valence-corrected chi connectivity index (χ1v) is 9.74. The topological polar surface area (TPSA) is 78.1 Å². The van der Waals surface area contributed by atoms with Gasteiger partial charge in [-0.2, -0.15) is 0 Å². The molecular weight excluding hydrogens is 364 g/mol. The molecule has 0 bridgehead atoms. The van der Waals surface area contributed by atoms with Crippen LogP contribution in [-0.4, -0.2) is 33.7 Å². The van der Waals surface area contributed by atoms with Crippen LogP contribution in [0.15, 0.2) is 42.7 Å². The zero-order valence-corrected chi connectivity index (χ0v) is 16.8. The standard InChI is InChI=1S/C23H24N4O2/c1-14-5-4-6-19-22(14)18(13-24-19)15(2)27(3)21(29)10-7-16-11-17-8-9-20(28)26-23(17)25-12-16/h4-7,10-13,15,24H,8-9H2,1-3H3,(H,25,26,28)/b10-7+. The normalized spacial score (nSPS) is 14.7. The number of aryl methyl sites for hydroxylation is 2. The van der Waals surface area contributed by atoms with Gasteiger partial charge in [-0.15, -0.1) is 0 Å². The summed E-state index contributed by atoms with van der Waals surface area (Å²) < 4.78 is 0. The van der Waals surface area contributed by atoms with Crippen LogP contribution in [0.4, 0.5) is 5.82 Å². The number of hydrogen-bond acceptors (Lipinski definition) is 3. The van der Waals surface area contributed by atoms with Gasteiger partial charge < -0.3 is 15.2 Å². The highest BCUT2D eigenvalue weighted by atomic mass is 16.2. The van der Waals surface area contributed by atoms with E-state index in [2.05, 4.69) is 28.3 Å². The van der Waals surface area contributed by atoms with Crippen LogP contribution >= 0.6 is 0 Å². The predicted octanol–water partition coefficient (Wildman–Crippen LogP) is 3.99. The molecule has 3 aromatic rings. The van der Waals surface area contributed by atoms with Crippen molar-refractivity contribution < 1.29 is 9.59 Å². The molecule has 2 N–H and O–H groups in total. The monoisotopic (exact) mass is 388 g/mol. The molecule has 0 radical (unpaired) electrons. The molecule has 148 valence electrons. The van der Waals surface area contributed by atoms with Crippen molar-refractivity contribution in [3.63, 3.8) is 0 Å². The van der Waals surface area contributed by atoms with Crippen LogP contribution in [0.3, 0.4) is 0 Å². The number of amides is 2. The van der Waals surface area contributed by atoms with Crippen LogP contribution in [-0.2, 0) is 16.0 Å². The lowest BCUT2D eigenvalue weighted by Crippen LogP contribution is -2.27. The first kappa shape index (κ1) is 18.9. The zero-order chi connectivity index (χ0) is 20.5. The summed E-state index contributed by atoms with van der Waals surface area (Å²) in [5.74, 6) is 0.531. The second-order valence-corrected chi connectivity index (χ2v) is 7.52. The molecule has 1 atom stereocenters. The van der Waals surface area contributed by atoms with Crippen molar-refractivity contribution in [2.75, 3.05) is 12.4 Å². The molecule has 3 heterocycles. The second-order valence-electron chi connectivity index (χ2n) is 7.52. The summed E-state index contributed by atoms with van der Waals surface area (Å²) >= 11 is 0. The number of aromatic nitrogens is 2. The number of nitrogens with one attached hydrogen (secondary N) is 2. The van der Waals surface area contributed by atoms with Crippen molar-refractivity contribution in [2.45, 2.75) is 32.7 Å². The van der Waals surface area contributed by atoms with Gasteiger partial charge >= 0.3 is 0 Å². The van der Waals surface area contributed by atoms with Crippen LogP contribution in [0, 0.1) is 6.92 Å². The van der Waals surface area contributed by atoms with E-state index in [1.54, 1.807) is 23.2 Å². The number of carbonyl (C=O) groups is 2. The van der Waals surface area contributed by atoms with E-state index in [1.165, 1.54) is 10.9 Å². The highest BCUT2D eigenvalue weighted by Crippen LogP contribution is 2.30. The van der Waals surface area contributed by atoms with Crippen LogP contribution in [0.1, 0.15) is 41.6 Å². The number of rotatable bonds is 4. The van der Waals surface area contributed by atoms with E-state index in [0.29, 0.717) is 18.7 Å². The lowest BCUT2D eigenvalue weighted by atomic mass is 10.0. The number of anilines is 1. The average molecular weight is 388 g/mol. The van der Waals surface area contributed by atoms with E-state index in [0.717, 1.165) is 22.2 Å². The number of benzene rings is 1. The first-order chi connectivity index (χ1) is 13.9. The van der Waals surface area contributed by atoms with Gasteiger partial charge in [0.2, 0.25) is 11.8 Å². The Morgan fingerprint density at radius 1 is 1.31 bits per heavy atom. The fourth-order valence-electron chi connectivity index (χ4n) is 3.78. The van der Waals surface area contributed by atoms with Gasteiger partial charge in [0, 0.05) is 42.8 Å². The largest absolute Gasteiger partial charge is 0.361 e. The summed E-state index contributed by atoms with van der Waals surface area (Å²) in [4.78, 5) is 33.5. The number of likely N-dealkylation sites (N-methyl/N-ethyl adjacent to an activating group) is 1. The van der Waals surface area contributed by atoms with Crippen molar-refractivity contribution in [1.29, 1.82) is 0 Å². The summed E-state index contributed by atoms with van der Waals surface area (Å²) in [6.07, 6.45) is 8.13. The smallest absolute Gasteiger partial charge is 0.246 e. The minimum atomic E-state index is -0.0774. The highest BCUT2D eigenvalue weighted by Gasteiger charge is 2.20. The fraction of sp³-hybridized carbons (Fsp3) is 0.261. The Balaban J connectivity index is 1.51. The van der Waals surface area contributed by atoms with Crippen LogP contribution in [0.2, 0.25) is 0 Å². The minimum absolute atomic E-state index is 0.00778. The number of nitrogens with zero attached hydrogens (tertiary/aromatic N) is 2. The van der Waals surface area contributed by atoms with E-state index >= 15 is 0 Å². The van der Waals surface area contributed by atoms with E-state index < -0.39 is 0 Å². The van der Waals surface area contributed by atoms with Crippen molar-refractivity contribution in [3.8, 4) is 0 Å². The molecule has 0 saturated heterocycles. The van der Waals surface area contributed by atoms with Gasteiger partial charge in [-0.1, -0.05) is 12.1 Å². The maximum absolute atomic E-state index is 12.8. The lowest BCUT2D eigenvalue weighted by molar-refractivity contribution is -0.126. The number of hydrogen-bond donors (Lipinski definition) is 2. The van der Waals surface area contributed by atoms with Crippen molar-refractivity contribution in [3.05, 3.63) is 65.0 Å². The van der Waals surface area contributed by atoms with E-state index in [-0.39, 0.29) is 17.9 Å². The number of H-pyrrole nitrogens is 1. The molecule has 6 nitrogen and oxygen atoms in total. The molecule has 1 aliphatic heterocycles. The number of fused-ring (bicyclic) bond motifs is 2. The van der Waals surface area contributed by atoms with Crippen LogP contribution in [0.5, 0.6) is 0 Å². The van der Waals surface area contributed by atoms with Crippen LogP contribution in [0.25, 0.3) is 17.0 Å². The van der Waals surface area contributed by atoms with Gasteiger partial charge in [0.1, 0.15) is 5.82 Å². The zero-order valence-electron chi connectivity index (χ0n) is 16.8. The number of pyridine rings is 1. The Morgan fingerprint density at radius 3 is 2.97 bits per heavy atom. The third-order valence-electron chi connectivity index (χ3n) is 5.61. The molecule has 4 rings (SSSR count). The second kappa shape index (κ2) is 7.54. The van der Waals surface area contributed by atoms with Crippen molar-refractivity contribution >= 4 is 34.6 Å². The molecule has 0 aliphatic carbocycles. The molecule has 29 heavy (non-hydrogen) atoms. The van der Waals surface area contributed by atoms with Gasteiger partial charge in [0.15, 0.2) is 0 Å². The van der Waals surface area contributed by atoms with E-state index in [4.69, 9.17) is 0 Å². The highest BCUT2D eigenvalue weighted by molar-refractivity contribution is 5.94. The van der Waals surface area contributed by atoms with Gasteiger partial charge in [0.25, 0.3) is 0 Å². The lowest BCUT2D eigenvalue weighted by Gasteiger charge is -2.24. The summed E-state index contributed by atoms with van der Waals surface area (Å²) in [7, 11) is 1.81. The van der Waals surface area contributed by atoms with Crippen LogP contribution < -0.4 is 5.32 Å². The molecule has 0 saturated carbocycles. The van der Waals surface area contributed by atoms with E-state index in [9.17, 15) is 9.59 Å². The van der Waals surface area contributed by atoms with E-state index in [1.807, 2.05) is 38.4 Å². The Kier molecular flexibility index (Phi) is 4.92. The van der Waals surface area contributed by atoms with Crippen molar-refractivity contribution in [2.24, 2.45) is 0 Å². The quantitative estimate of drug-likeness (QED) is 0.664. The Bertz CT molecular complexity index is 1130. The third-order valence-corrected chi connectivity index (χ3v) is 5.61.